The lowest BCUT2D eigenvalue weighted by Gasteiger charge is -2.35. The molecule has 1 aliphatic rings. The minimum Gasteiger partial charge on any atom is -0.378 e. The highest BCUT2D eigenvalue weighted by Gasteiger charge is 2.28. The maximum Gasteiger partial charge on any atom is 0.258 e. The Bertz CT molecular complexity index is 844. The maximum atomic E-state index is 14.0. The Balaban J connectivity index is 1.67. The van der Waals surface area contributed by atoms with Gasteiger partial charge in [0.15, 0.2) is 0 Å². The zero-order valence-electron chi connectivity index (χ0n) is 15.3. The normalized spacial score (nSPS) is 14.2. The van der Waals surface area contributed by atoms with Crippen LogP contribution in [0.3, 0.4) is 0 Å². The molecular weight excluding hydrogens is 369 g/mol. The fourth-order valence-corrected chi connectivity index (χ4v) is 3.32. The molecule has 0 bridgehead atoms. The molecule has 0 unspecified atom stereocenters. The Kier molecular flexibility index (Phi) is 5.65. The van der Waals surface area contributed by atoms with Crippen molar-refractivity contribution in [1.82, 2.24) is 9.80 Å². The number of carbonyl (C=O) groups is 2. The van der Waals surface area contributed by atoms with E-state index in [1.54, 1.807) is 11.0 Å². The standard InChI is InChI=1S/C20H21ClFN3O2/c1-23(2)15-6-3-5-14(13-15)19(26)24-9-11-25(12-10-24)20(27)18-16(21)7-4-8-17(18)22/h3-8,13H,9-12H2,1-2H3. The van der Waals surface area contributed by atoms with Crippen LogP contribution in [0.4, 0.5) is 10.1 Å². The summed E-state index contributed by atoms with van der Waals surface area (Å²) < 4.78 is 14.0. The van der Waals surface area contributed by atoms with E-state index in [1.165, 1.54) is 23.1 Å². The van der Waals surface area contributed by atoms with Gasteiger partial charge in [0.1, 0.15) is 5.82 Å². The molecule has 2 aromatic rings. The Morgan fingerprint density at radius 1 is 0.963 bits per heavy atom. The average molecular weight is 390 g/mol. The fourth-order valence-electron chi connectivity index (χ4n) is 3.07. The second kappa shape index (κ2) is 7.96. The number of hydrogen-bond acceptors (Lipinski definition) is 3. The van der Waals surface area contributed by atoms with Gasteiger partial charge >= 0.3 is 0 Å². The molecule has 0 spiro atoms. The number of rotatable bonds is 3. The third kappa shape index (κ3) is 4.06. The Hall–Kier alpha value is -2.60. The topological polar surface area (TPSA) is 43.9 Å². The Labute approximate surface area is 162 Å². The molecule has 0 atom stereocenters. The van der Waals surface area contributed by atoms with Crippen LogP contribution >= 0.6 is 11.6 Å². The van der Waals surface area contributed by atoms with Gasteiger partial charge in [0, 0.05) is 51.5 Å². The zero-order chi connectivity index (χ0) is 19.6. The van der Waals surface area contributed by atoms with Crippen molar-refractivity contribution in [1.29, 1.82) is 0 Å². The van der Waals surface area contributed by atoms with Crippen LogP contribution in [0, 0.1) is 5.82 Å². The summed E-state index contributed by atoms with van der Waals surface area (Å²) in [4.78, 5) is 30.5. The minimum absolute atomic E-state index is 0.0743. The molecule has 142 valence electrons. The van der Waals surface area contributed by atoms with Gasteiger partial charge in [-0.25, -0.2) is 4.39 Å². The molecule has 1 aliphatic heterocycles. The van der Waals surface area contributed by atoms with Gasteiger partial charge < -0.3 is 14.7 Å². The lowest BCUT2D eigenvalue weighted by atomic mass is 10.1. The molecular formula is C20H21ClFN3O2. The zero-order valence-corrected chi connectivity index (χ0v) is 16.0. The lowest BCUT2D eigenvalue weighted by molar-refractivity contribution is 0.0533. The molecule has 27 heavy (non-hydrogen) atoms. The fraction of sp³-hybridized carbons (Fsp3) is 0.300. The summed E-state index contributed by atoms with van der Waals surface area (Å²) in [6.45, 7) is 1.46. The number of piperazine rings is 1. The van der Waals surface area contributed by atoms with Crippen LogP contribution in [0.25, 0.3) is 0 Å². The number of halogens is 2. The molecule has 0 saturated carbocycles. The molecule has 1 heterocycles. The van der Waals surface area contributed by atoms with Crippen LogP contribution in [0.2, 0.25) is 5.02 Å². The average Bonchev–Trinajstić information content (AvgIpc) is 2.67. The van der Waals surface area contributed by atoms with Crippen molar-refractivity contribution in [3.05, 3.63) is 64.4 Å². The van der Waals surface area contributed by atoms with E-state index in [0.717, 1.165) is 5.69 Å². The van der Waals surface area contributed by atoms with Crippen LogP contribution < -0.4 is 4.90 Å². The SMILES string of the molecule is CN(C)c1cccc(C(=O)N2CCN(C(=O)c3c(F)cccc3Cl)CC2)c1. The quantitative estimate of drug-likeness (QED) is 0.810. The van der Waals surface area contributed by atoms with E-state index >= 15 is 0 Å². The second-order valence-electron chi connectivity index (χ2n) is 6.63. The number of nitrogens with zero attached hydrogens (tertiary/aromatic N) is 3. The molecule has 1 saturated heterocycles. The van der Waals surface area contributed by atoms with Gasteiger partial charge in [0.25, 0.3) is 11.8 Å². The predicted molar refractivity (Wildman–Crippen MR) is 104 cm³/mol. The highest BCUT2D eigenvalue weighted by atomic mass is 35.5. The number of benzene rings is 2. The maximum absolute atomic E-state index is 14.0. The lowest BCUT2D eigenvalue weighted by Crippen LogP contribution is -2.50. The van der Waals surface area contributed by atoms with Crippen LogP contribution in [-0.2, 0) is 0 Å². The Morgan fingerprint density at radius 2 is 1.56 bits per heavy atom. The minimum atomic E-state index is -0.633. The van der Waals surface area contributed by atoms with Crippen molar-refractivity contribution in [3.63, 3.8) is 0 Å². The molecule has 0 aromatic heterocycles. The van der Waals surface area contributed by atoms with Crippen molar-refractivity contribution in [2.75, 3.05) is 45.2 Å². The summed E-state index contributed by atoms with van der Waals surface area (Å²) in [6.07, 6.45) is 0. The molecule has 0 aliphatic carbocycles. The first-order valence-electron chi connectivity index (χ1n) is 8.68. The van der Waals surface area contributed by atoms with E-state index < -0.39 is 11.7 Å². The summed E-state index contributed by atoms with van der Waals surface area (Å²) in [5.74, 6) is -1.15. The monoisotopic (exact) mass is 389 g/mol. The number of hydrogen-bond donors (Lipinski definition) is 0. The van der Waals surface area contributed by atoms with E-state index in [1.807, 2.05) is 37.2 Å². The Morgan fingerprint density at radius 3 is 2.15 bits per heavy atom. The van der Waals surface area contributed by atoms with Crippen LogP contribution in [0.15, 0.2) is 42.5 Å². The van der Waals surface area contributed by atoms with Crippen LogP contribution in [0.5, 0.6) is 0 Å². The molecule has 1 fully saturated rings. The van der Waals surface area contributed by atoms with Crippen LogP contribution in [-0.4, -0.2) is 61.9 Å². The van der Waals surface area contributed by atoms with Gasteiger partial charge in [-0.15, -0.1) is 0 Å². The molecule has 0 N–H and O–H groups in total. The van der Waals surface area contributed by atoms with Crippen molar-refractivity contribution < 1.29 is 14.0 Å². The van der Waals surface area contributed by atoms with E-state index in [4.69, 9.17) is 11.6 Å². The van der Waals surface area contributed by atoms with Crippen molar-refractivity contribution in [2.24, 2.45) is 0 Å². The molecule has 3 rings (SSSR count). The van der Waals surface area contributed by atoms with E-state index in [9.17, 15) is 14.0 Å². The highest BCUT2D eigenvalue weighted by molar-refractivity contribution is 6.33. The van der Waals surface area contributed by atoms with Crippen molar-refractivity contribution in [3.8, 4) is 0 Å². The number of amides is 2. The smallest absolute Gasteiger partial charge is 0.258 e. The van der Waals surface area contributed by atoms with E-state index in [-0.39, 0.29) is 16.5 Å². The summed E-state index contributed by atoms with van der Waals surface area (Å²) in [7, 11) is 3.84. The molecule has 2 amide bonds. The first-order chi connectivity index (χ1) is 12.9. The summed E-state index contributed by atoms with van der Waals surface area (Å²) in [5.41, 5.74) is 1.44. The van der Waals surface area contributed by atoms with Gasteiger partial charge in [0.2, 0.25) is 0 Å². The summed E-state index contributed by atoms with van der Waals surface area (Å²) in [5, 5.41) is 0.0963. The van der Waals surface area contributed by atoms with Crippen molar-refractivity contribution >= 4 is 29.1 Å². The number of anilines is 1. The molecule has 5 nitrogen and oxygen atoms in total. The second-order valence-corrected chi connectivity index (χ2v) is 7.03. The first kappa shape index (κ1) is 19.2. The highest BCUT2D eigenvalue weighted by Crippen LogP contribution is 2.22. The van der Waals surface area contributed by atoms with Gasteiger partial charge in [-0.05, 0) is 30.3 Å². The van der Waals surface area contributed by atoms with E-state index in [0.29, 0.717) is 31.7 Å². The van der Waals surface area contributed by atoms with Gasteiger partial charge in [-0.1, -0.05) is 23.7 Å². The third-order valence-electron chi connectivity index (χ3n) is 4.64. The van der Waals surface area contributed by atoms with Gasteiger partial charge in [-0.2, -0.15) is 0 Å². The van der Waals surface area contributed by atoms with Crippen molar-refractivity contribution in [2.45, 2.75) is 0 Å². The third-order valence-corrected chi connectivity index (χ3v) is 4.96. The summed E-state index contributed by atoms with van der Waals surface area (Å²) >= 11 is 5.99. The van der Waals surface area contributed by atoms with Gasteiger partial charge in [-0.3, -0.25) is 9.59 Å². The molecule has 7 heteroatoms. The van der Waals surface area contributed by atoms with E-state index in [2.05, 4.69) is 0 Å². The predicted octanol–water partition coefficient (Wildman–Crippen LogP) is 3.14. The van der Waals surface area contributed by atoms with Gasteiger partial charge in [0.05, 0.1) is 10.6 Å². The number of carbonyl (C=O) groups excluding carboxylic acids is 2. The first-order valence-corrected chi connectivity index (χ1v) is 9.06. The largest absolute Gasteiger partial charge is 0.378 e. The molecule has 0 radical (unpaired) electrons. The summed E-state index contributed by atoms with van der Waals surface area (Å²) in [6, 6.07) is 11.6. The van der Waals surface area contributed by atoms with Crippen LogP contribution in [0.1, 0.15) is 20.7 Å². The molecule has 2 aromatic carbocycles.